The molecule has 0 fully saturated rings. The van der Waals surface area contributed by atoms with Crippen molar-refractivity contribution in [1.29, 1.82) is 0 Å². The summed E-state index contributed by atoms with van der Waals surface area (Å²) in [5.41, 5.74) is 2.10. The Bertz CT molecular complexity index is 1040. The Morgan fingerprint density at radius 2 is 1.13 bits per heavy atom. The van der Waals surface area contributed by atoms with Gasteiger partial charge < -0.3 is 9.97 Å². The average molecular weight is 632 g/mol. The zero-order valence-corrected chi connectivity index (χ0v) is 20.6. The first kappa shape index (κ1) is 25.3. The summed E-state index contributed by atoms with van der Waals surface area (Å²) in [4.78, 5) is 10.4. The van der Waals surface area contributed by atoms with E-state index in [-0.39, 0.29) is 32.7 Å². The average Bonchev–Trinajstić information content (AvgIpc) is 2.80. The van der Waals surface area contributed by atoms with Gasteiger partial charge in [-0.25, -0.2) is 0 Å². The van der Waals surface area contributed by atoms with E-state index >= 15 is 0 Å². The smallest absolute Gasteiger partial charge is 0.305 e. The molecule has 0 unspecified atom stereocenters. The van der Waals surface area contributed by atoms with Crippen molar-refractivity contribution in [3.63, 3.8) is 0 Å². The van der Waals surface area contributed by atoms with Gasteiger partial charge in [-0.3, -0.25) is 8.78 Å². The predicted octanol–water partition coefficient (Wildman–Crippen LogP) is 6.82. The van der Waals surface area contributed by atoms with Gasteiger partial charge in [-0.2, -0.15) is 0 Å². The maximum Gasteiger partial charge on any atom is 2.00 e. The molecule has 2 nitrogen and oxygen atoms in total. The molecule has 7 heteroatoms. The van der Waals surface area contributed by atoms with E-state index in [0.29, 0.717) is 22.5 Å². The van der Waals surface area contributed by atoms with Crippen LogP contribution in [0.4, 0.5) is 8.78 Å². The quantitative estimate of drug-likeness (QED) is 0.183. The molecule has 0 N–H and O–H groups in total. The Balaban J connectivity index is 0.000000213. The molecule has 2 aromatic carbocycles. The van der Waals surface area contributed by atoms with Crippen LogP contribution in [0.3, 0.4) is 0 Å². The fourth-order valence-corrected chi connectivity index (χ4v) is 3.43. The van der Waals surface area contributed by atoms with Crippen LogP contribution in [-0.2, 0) is 21.1 Å². The molecule has 0 saturated carbocycles. The number of hydrogen-bond donors (Lipinski definition) is 0. The Labute approximate surface area is 204 Å². The van der Waals surface area contributed by atoms with Crippen molar-refractivity contribution in [2.24, 2.45) is 0 Å². The Morgan fingerprint density at radius 1 is 0.710 bits per heavy atom. The van der Waals surface area contributed by atoms with E-state index in [1.807, 2.05) is 36.8 Å². The van der Waals surface area contributed by atoms with Crippen LogP contribution in [0.25, 0.3) is 22.5 Å². The summed E-state index contributed by atoms with van der Waals surface area (Å²) in [7, 11) is 0. The third-order valence-electron chi connectivity index (χ3n) is 4.06. The maximum atomic E-state index is 13.4. The fourth-order valence-electron chi connectivity index (χ4n) is 2.57. The Morgan fingerprint density at radius 3 is 1.48 bits per heavy atom. The molecular formula is C24H18F2N2PtS2. The standard InChI is InChI=1S/2C12H9FNS.Pt/c2*1-15-9-6-7-14-12(8-9)10-4-2-3-5-11(10)13;/h2*2-3,5-8H,1H3;/q2*-1;+2. The van der Waals surface area contributed by atoms with Gasteiger partial charge >= 0.3 is 21.1 Å². The van der Waals surface area contributed by atoms with Crippen LogP contribution in [0.5, 0.6) is 0 Å². The van der Waals surface area contributed by atoms with Gasteiger partial charge in [0, 0.05) is 33.8 Å². The van der Waals surface area contributed by atoms with Gasteiger partial charge in [0.15, 0.2) is 0 Å². The number of nitrogens with zero attached hydrogens (tertiary/aromatic N) is 2. The molecule has 31 heavy (non-hydrogen) atoms. The first-order valence-corrected chi connectivity index (χ1v) is 11.4. The molecule has 0 aliphatic rings. The number of halogens is 2. The number of thioether (sulfide) groups is 2. The topological polar surface area (TPSA) is 25.8 Å². The second kappa shape index (κ2) is 12.7. The molecule has 0 radical (unpaired) electrons. The predicted molar refractivity (Wildman–Crippen MR) is 120 cm³/mol. The van der Waals surface area contributed by atoms with Gasteiger partial charge in [-0.15, -0.1) is 72.1 Å². The van der Waals surface area contributed by atoms with E-state index < -0.39 is 0 Å². The van der Waals surface area contributed by atoms with Gasteiger partial charge in [0.25, 0.3) is 0 Å². The van der Waals surface area contributed by atoms with Crippen molar-refractivity contribution in [3.8, 4) is 22.5 Å². The summed E-state index contributed by atoms with van der Waals surface area (Å²) in [5.74, 6) is -0.577. The summed E-state index contributed by atoms with van der Waals surface area (Å²) in [6.45, 7) is 0. The van der Waals surface area contributed by atoms with Crippen LogP contribution in [0, 0.1) is 23.8 Å². The molecule has 0 saturated heterocycles. The SMILES string of the molecule is CSc1ccnc(-c2[c-]cccc2F)c1.CSc1ccnc(-c2[c-]cccc2F)c1.[Pt+2]. The number of aromatic nitrogens is 2. The van der Waals surface area contributed by atoms with E-state index in [9.17, 15) is 8.78 Å². The minimum absolute atomic E-state index is 0. The monoisotopic (exact) mass is 631 g/mol. The molecule has 2 heterocycles. The summed E-state index contributed by atoms with van der Waals surface area (Å²) in [6.07, 6.45) is 7.32. The summed E-state index contributed by atoms with van der Waals surface area (Å²) in [6, 6.07) is 22.7. The van der Waals surface area contributed by atoms with Gasteiger partial charge in [0.1, 0.15) is 0 Å². The van der Waals surface area contributed by atoms with Crippen LogP contribution >= 0.6 is 23.5 Å². The van der Waals surface area contributed by atoms with E-state index in [1.54, 1.807) is 60.2 Å². The summed E-state index contributed by atoms with van der Waals surface area (Å²) < 4.78 is 26.9. The van der Waals surface area contributed by atoms with Crippen molar-refractivity contribution in [1.82, 2.24) is 9.97 Å². The third kappa shape index (κ3) is 6.99. The Hall–Kier alpha value is -2.01. The summed E-state index contributed by atoms with van der Waals surface area (Å²) >= 11 is 3.21. The minimum Gasteiger partial charge on any atom is -0.305 e. The zero-order valence-electron chi connectivity index (χ0n) is 16.7. The first-order chi connectivity index (χ1) is 14.6. The number of benzene rings is 2. The second-order valence-corrected chi connectivity index (χ2v) is 7.71. The van der Waals surface area contributed by atoms with Gasteiger partial charge in [-0.05, 0) is 36.0 Å². The molecule has 0 atom stereocenters. The van der Waals surface area contributed by atoms with Crippen LogP contribution in [0.15, 0.2) is 82.8 Å². The van der Waals surface area contributed by atoms with E-state index in [2.05, 4.69) is 22.1 Å². The molecular weight excluding hydrogens is 613 g/mol. The van der Waals surface area contributed by atoms with Crippen molar-refractivity contribution in [3.05, 3.63) is 96.8 Å². The normalized spacial score (nSPS) is 9.94. The maximum absolute atomic E-state index is 13.4. The molecule has 0 amide bonds. The van der Waals surface area contributed by atoms with Gasteiger partial charge in [0.05, 0.1) is 0 Å². The van der Waals surface area contributed by atoms with E-state index in [4.69, 9.17) is 0 Å². The number of hydrogen-bond acceptors (Lipinski definition) is 4. The van der Waals surface area contributed by atoms with Crippen molar-refractivity contribution >= 4 is 23.5 Å². The van der Waals surface area contributed by atoms with Gasteiger partial charge in [-0.1, -0.05) is 23.3 Å². The van der Waals surface area contributed by atoms with Crippen LogP contribution in [0.1, 0.15) is 0 Å². The number of pyridine rings is 2. The van der Waals surface area contributed by atoms with Gasteiger partial charge in [0.2, 0.25) is 0 Å². The van der Waals surface area contributed by atoms with Crippen LogP contribution < -0.4 is 0 Å². The molecule has 2 aromatic heterocycles. The fraction of sp³-hybridized carbons (Fsp3) is 0.0833. The molecule has 0 spiro atoms. The molecule has 0 aliphatic carbocycles. The van der Waals surface area contributed by atoms with E-state index in [1.165, 1.54) is 12.1 Å². The van der Waals surface area contributed by atoms with Crippen LogP contribution in [-0.4, -0.2) is 22.5 Å². The van der Waals surface area contributed by atoms with E-state index in [0.717, 1.165) is 9.79 Å². The minimum atomic E-state index is -0.289. The second-order valence-electron chi connectivity index (χ2n) is 5.95. The molecule has 0 aliphatic heterocycles. The van der Waals surface area contributed by atoms with Crippen molar-refractivity contribution < 1.29 is 29.8 Å². The number of rotatable bonds is 4. The molecule has 160 valence electrons. The largest absolute Gasteiger partial charge is 2.00 e. The molecule has 4 aromatic rings. The van der Waals surface area contributed by atoms with Crippen molar-refractivity contribution in [2.75, 3.05) is 12.5 Å². The molecule has 4 rings (SSSR count). The van der Waals surface area contributed by atoms with Crippen LogP contribution in [0.2, 0.25) is 0 Å². The Kier molecular flexibility index (Phi) is 10.4. The first-order valence-electron chi connectivity index (χ1n) is 8.95. The van der Waals surface area contributed by atoms with Crippen molar-refractivity contribution in [2.45, 2.75) is 9.79 Å². The molecule has 0 bridgehead atoms. The third-order valence-corrected chi connectivity index (χ3v) is 5.51. The zero-order chi connectivity index (χ0) is 21.3. The summed E-state index contributed by atoms with van der Waals surface area (Å²) in [5, 5.41) is 0.